The minimum absolute atomic E-state index is 0.836. The van der Waals surface area contributed by atoms with Gasteiger partial charge in [0.1, 0.15) is 0 Å². The molecule has 12 aliphatic carbocycles. The number of hydrogen-bond acceptors (Lipinski definition) is 0. The maximum atomic E-state index is 2.58. The Morgan fingerprint density at radius 3 is 0.750 bits per heavy atom. The molecule has 0 nitrogen and oxygen atoms in total. The second-order valence-electron chi connectivity index (χ2n) is 13.6. The molecule has 32 heavy (non-hydrogen) atoms. The number of fused-ring (bicyclic) bond motifs is 32. The summed E-state index contributed by atoms with van der Waals surface area (Å²) in [6, 6.07) is 0. The molecule has 12 unspecified atom stereocenters. The molecule has 156 valence electrons. The molecule has 0 aromatic rings. The molecule has 0 N–H and O–H groups in total. The van der Waals surface area contributed by atoms with Gasteiger partial charge in [0, 0.05) is 47.3 Å². The van der Waals surface area contributed by atoms with E-state index in [4.69, 9.17) is 0 Å². The molecule has 0 amide bonds. The summed E-state index contributed by atoms with van der Waals surface area (Å²) >= 11 is 0. The van der Waals surface area contributed by atoms with Crippen LogP contribution in [-0.4, -0.2) is 0 Å². The molecule has 0 fully saturated rings. The quantitative estimate of drug-likeness (QED) is 0.315. The summed E-state index contributed by atoms with van der Waals surface area (Å²) in [5, 5.41) is 0. The Kier molecular flexibility index (Phi) is 1.99. The zero-order valence-corrected chi connectivity index (χ0v) is 18.5. The summed E-state index contributed by atoms with van der Waals surface area (Å²) < 4.78 is 0. The van der Waals surface area contributed by atoms with Crippen LogP contribution < -0.4 is 0 Å². The number of hydrogen-bond donors (Lipinski definition) is 0. The molecular formula is C32H28. The van der Waals surface area contributed by atoms with E-state index < -0.39 is 0 Å². The van der Waals surface area contributed by atoms with Crippen LogP contribution in [0, 0.1) is 71.0 Å². The molecule has 12 atom stereocenters. The Balaban J connectivity index is 0.983. The van der Waals surface area contributed by atoms with E-state index in [-0.39, 0.29) is 0 Å². The van der Waals surface area contributed by atoms with Gasteiger partial charge in [-0.05, 0) is 62.2 Å². The van der Waals surface area contributed by atoms with Crippen molar-refractivity contribution < 1.29 is 0 Å². The average molecular weight is 413 g/mol. The minimum Gasteiger partial charge on any atom is -0.0807 e. The zero-order valence-electron chi connectivity index (χ0n) is 18.5. The van der Waals surface area contributed by atoms with Crippen molar-refractivity contribution in [2.45, 2.75) is 38.5 Å². The SMILES string of the molecule is C1=CC2CC1C1=C2C2CC1C1=C2C2CC1C1=C2C2CC1C1=C2C2CC1C1=C2C2C=CC1C2. The van der Waals surface area contributed by atoms with Gasteiger partial charge < -0.3 is 0 Å². The van der Waals surface area contributed by atoms with Crippen molar-refractivity contribution in [1.29, 1.82) is 0 Å². The summed E-state index contributed by atoms with van der Waals surface area (Å²) in [4.78, 5) is 0. The molecule has 0 aromatic heterocycles. The van der Waals surface area contributed by atoms with Gasteiger partial charge in [0.15, 0.2) is 0 Å². The number of allylic oxidation sites excluding steroid dienone is 14. The van der Waals surface area contributed by atoms with Crippen LogP contribution in [0.25, 0.3) is 0 Å². The van der Waals surface area contributed by atoms with Crippen LogP contribution in [-0.2, 0) is 0 Å². The van der Waals surface area contributed by atoms with Gasteiger partial charge in [-0.3, -0.25) is 0 Å². The summed E-state index contributed by atoms with van der Waals surface area (Å²) in [6.45, 7) is 0. The highest BCUT2D eigenvalue weighted by Gasteiger charge is 2.67. The average Bonchev–Trinajstić information content (AvgIpc) is 3.67. The van der Waals surface area contributed by atoms with Crippen molar-refractivity contribution in [2.24, 2.45) is 71.0 Å². The first kappa shape index (κ1) is 15.2. The Morgan fingerprint density at radius 1 is 0.281 bits per heavy atom. The molecular weight excluding hydrogens is 384 g/mol. The highest BCUT2D eigenvalue weighted by molar-refractivity contribution is 5.70. The van der Waals surface area contributed by atoms with E-state index in [0.717, 1.165) is 71.0 Å². The molecule has 12 bridgehead atoms. The van der Waals surface area contributed by atoms with E-state index >= 15 is 0 Å². The third kappa shape index (κ3) is 1.19. The lowest BCUT2D eigenvalue weighted by Gasteiger charge is -2.37. The Labute approximate surface area is 189 Å². The maximum Gasteiger partial charge on any atom is 0.00340 e. The van der Waals surface area contributed by atoms with Crippen LogP contribution in [0.15, 0.2) is 80.0 Å². The smallest absolute Gasteiger partial charge is 0.00340 e. The Bertz CT molecular complexity index is 1200. The normalized spacial score (nSPS) is 58.2. The molecule has 0 heterocycles. The molecule has 0 aliphatic heterocycles. The Hall–Kier alpha value is -1.82. The van der Waals surface area contributed by atoms with Gasteiger partial charge in [0.2, 0.25) is 0 Å². The molecule has 0 heteroatoms. The van der Waals surface area contributed by atoms with Crippen molar-refractivity contribution >= 4 is 0 Å². The molecule has 0 aromatic carbocycles. The van der Waals surface area contributed by atoms with Crippen LogP contribution in [0.4, 0.5) is 0 Å². The lowest BCUT2D eigenvalue weighted by molar-refractivity contribution is 0.451. The largest absolute Gasteiger partial charge is 0.0807 e. The monoisotopic (exact) mass is 412 g/mol. The van der Waals surface area contributed by atoms with Gasteiger partial charge in [0.05, 0.1) is 0 Å². The summed E-state index contributed by atoms with van der Waals surface area (Å²) in [7, 11) is 0. The highest BCUT2D eigenvalue weighted by Crippen LogP contribution is 2.79. The van der Waals surface area contributed by atoms with Crippen LogP contribution in [0.3, 0.4) is 0 Å². The van der Waals surface area contributed by atoms with E-state index in [0.29, 0.717) is 0 Å². The van der Waals surface area contributed by atoms with Crippen molar-refractivity contribution in [1.82, 2.24) is 0 Å². The van der Waals surface area contributed by atoms with Gasteiger partial charge in [-0.25, -0.2) is 0 Å². The summed E-state index contributed by atoms with van der Waals surface area (Å²) in [6.07, 6.45) is 19.2. The molecule has 12 aliphatic rings. The van der Waals surface area contributed by atoms with E-state index in [1.54, 1.807) is 0 Å². The fraction of sp³-hybridized carbons (Fsp3) is 0.562. The van der Waals surface area contributed by atoms with E-state index in [2.05, 4.69) is 24.3 Å². The standard InChI is InChI=1S/C32H28/c1-2-12-5-11(1)23-15-7-16(24(12)23)28-20-9-19(27(15)28)31-21-10-22(32(20)31)30-18-8-17(29(21)30)25-13-3-4-14(6-13)26(18)25/h1-4,11-22H,5-10H2. The van der Waals surface area contributed by atoms with Crippen LogP contribution >= 0.6 is 0 Å². The van der Waals surface area contributed by atoms with Crippen molar-refractivity contribution in [2.75, 3.05) is 0 Å². The third-order valence-electron chi connectivity index (χ3n) is 13.3. The predicted molar refractivity (Wildman–Crippen MR) is 123 cm³/mol. The molecule has 12 rings (SSSR count). The highest BCUT2D eigenvalue weighted by atomic mass is 14.7. The fourth-order valence-electron chi connectivity index (χ4n) is 13.2. The minimum atomic E-state index is 0.836. The molecule has 0 saturated heterocycles. The second kappa shape index (κ2) is 4.21. The van der Waals surface area contributed by atoms with Crippen molar-refractivity contribution in [3.05, 3.63) is 80.0 Å². The number of rotatable bonds is 0. The first-order chi connectivity index (χ1) is 15.9. The fourth-order valence-corrected chi connectivity index (χ4v) is 13.2. The van der Waals surface area contributed by atoms with Crippen molar-refractivity contribution in [3.8, 4) is 0 Å². The summed E-state index contributed by atoms with van der Waals surface area (Å²) in [5.41, 5.74) is 20.0. The van der Waals surface area contributed by atoms with Gasteiger partial charge in [-0.2, -0.15) is 0 Å². The zero-order chi connectivity index (χ0) is 19.8. The van der Waals surface area contributed by atoms with E-state index in [9.17, 15) is 0 Å². The molecule has 0 radical (unpaired) electrons. The summed E-state index contributed by atoms with van der Waals surface area (Å²) in [5.74, 6) is 10.4. The van der Waals surface area contributed by atoms with E-state index in [1.165, 1.54) is 38.5 Å². The maximum absolute atomic E-state index is 2.58. The lowest BCUT2D eigenvalue weighted by Crippen LogP contribution is -2.24. The van der Waals surface area contributed by atoms with E-state index in [1.807, 2.05) is 55.7 Å². The molecule has 0 saturated carbocycles. The van der Waals surface area contributed by atoms with Gasteiger partial charge in [0.25, 0.3) is 0 Å². The predicted octanol–water partition coefficient (Wildman–Crippen LogP) is 6.48. The second-order valence-corrected chi connectivity index (χ2v) is 13.6. The first-order valence-corrected chi connectivity index (χ1v) is 13.9. The molecule has 0 spiro atoms. The van der Waals surface area contributed by atoms with Crippen LogP contribution in [0.2, 0.25) is 0 Å². The van der Waals surface area contributed by atoms with Crippen LogP contribution in [0.5, 0.6) is 0 Å². The Morgan fingerprint density at radius 2 is 0.500 bits per heavy atom. The first-order valence-electron chi connectivity index (χ1n) is 13.9. The lowest BCUT2D eigenvalue weighted by atomic mass is 9.68. The topological polar surface area (TPSA) is 0 Å². The third-order valence-corrected chi connectivity index (χ3v) is 13.3. The van der Waals surface area contributed by atoms with Gasteiger partial charge in [-0.1, -0.05) is 80.0 Å². The van der Waals surface area contributed by atoms with Gasteiger partial charge >= 0.3 is 0 Å². The van der Waals surface area contributed by atoms with Gasteiger partial charge in [-0.15, -0.1) is 0 Å². The van der Waals surface area contributed by atoms with Crippen LogP contribution in [0.1, 0.15) is 38.5 Å². The van der Waals surface area contributed by atoms with Crippen molar-refractivity contribution in [3.63, 3.8) is 0 Å².